The summed E-state index contributed by atoms with van der Waals surface area (Å²) in [4.78, 5) is 13.5. The quantitative estimate of drug-likeness (QED) is 0.425. The van der Waals surface area contributed by atoms with Crippen LogP contribution in [-0.2, 0) is 33.3 Å². The largest absolute Gasteiger partial charge is 0.444 e. The third-order valence-electron chi connectivity index (χ3n) is 4.74. The second-order valence-electron chi connectivity index (χ2n) is 9.22. The Bertz CT molecular complexity index is 1200. The molecule has 0 aliphatic carbocycles. The van der Waals surface area contributed by atoms with Crippen molar-refractivity contribution in [2.24, 2.45) is 0 Å². The maximum atomic E-state index is 12.8. The van der Waals surface area contributed by atoms with Gasteiger partial charge in [-0.05, 0) is 58.9 Å². The van der Waals surface area contributed by atoms with Crippen LogP contribution in [0.5, 0.6) is 0 Å². The molecule has 35 heavy (non-hydrogen) atoms. The molecule has 0 aromatic heterocycles. The average molecular weight is 528 g/mol. The van der Waals surface area contributed by atoms with E-state index in [2.05, 4.69) is 0 Å². The molecule has 0 fully saturated rings. The highest BCUT2D eigenvalue weighted by Crippen LogP contribution is 2.19. The molecule has 0 N–H and O–H groups in total. The number of nitrogens with zero attached hydrogens (tertiary/aromatic N) is 1. The Morgan fingerprint density at radius 1 is 0.857 bits per heavy atom. The Morgan fingerprint density at radius 2 is 1.31 bits per heavy atom. The highest BCUT2D eigenvalue weighted by atomic mass is 32.2. The van der Waals surface area contributed by atoms with Crippen LogP contribution in [0.4, 0.5) is 4.79 Å². The minimum Gasteiger partial charge on any atom is -0.444 e. The fourth-order valence-corrected chi connectivity index (χ4v) is 4.91. The van der Waals surface area contributed by atoms with Crippen molar-refractivity contribution in [3.05, 3.63) is 59.7 Å². The minimum atomic E-state index is -4.19. The molecule has 9 nitrogen and oxygen atoms in total. The fraction of sp³-hybridized carbons (Fsp3) is 0.458. The van der Waals surface area contributed by atoms with Gasteiger partial charge in [-0.25, -0.2) is 4.79 Å². The molecule has 0 saturated carbocycles. The summed E-state index contributed by atoms with van der Waals surface area (Å²) in [6.45, 7) is 8.24. The van der Waals surface area contributed by atoms with E-state index in [1.165, 1.54) is 36.2 Å². The van der Waals surface area contributed by atoms with Gasteiger partial charge in [-0.3, -0.25) is 8.37 Å². The molecule has 11 heteroatoms. The fourth-order valence-electron chi connectivity index (χ4n) is 2.89. The first kappa shape index (κ1) is 28.8. The summed E-state index contributed by atoms with van der Waals surface area (Å²) in [6, 6.07) is 12.2. The Hall–Kier alpha value is -2.47. The highest BCUT2D eigenvalue weighted by Gasteiger charge is 2.27. The topological polar surface area (TPSA) is 116 Å². The summed E-state index contributed by atoms with van der Waals surface area (Å²) in [5.74, 6) is 0. The van der Waals surface area contributed by atoms with Gasteiger partial charge in [0.25, 0.3) is 20.2 Å². The normalized spacial score (nSPS) is 13.3. The van der Waals surface area contributed by atoms with Crippen LogP contribution in [0.3, 0.4) is 0 Å². The molecule has 0 aliphatic rings. The molecule has 0 bridgehead atoms. The molecule has 0 saturated heterocycles. The van der Waals surface area contributed by atoms with E-state index in [0.717, 1.165) is 11.1 Å². The SMILES string of the molecule is Cc1ccc(S(=O)(=O)OCC[C@@H](CN(C)C(=O)OC(C)(C)C)OS(=O)(=O)c2ccc(C)cc2)cc1. The number of amides is 1. The second-order valence-corrected chi connectivity index (χ2v) is 12.4. The van der Waals surface area contributed by atoms with Gasteiger partial charge in [-0.2, -0.15) is 16.8 Å². The highest BCUT2D eigenvalue weighted by molar-refractivity contribution is 7.87. The lowest BCUT2D eigenvalue weighted by molar-refractivity contribution is 0.0216. The van der Waals surface area contributed by atoms with Gasteiger partial charge in [0.15, 0.2) is 0 Å². The van der Waals surface area contributed by atoms with Gasteiger partial charge < -0.3 is 9.64 Å². The number of aryl methyl sites for hydroxylation is 2. The molecule has 2 rings (SSSR count). The monoisotopic (exact) mass is 527 g/mol. The van der Waals surface area contributed by atoms with Crippen molar-refractivity contribution in [2.45, 2.75) is 62.5 Å². The van der Waals surface area contributed by atoms with Crippen molar-refractivity contribution >= 4 is 26.3 Å². The van der Waals surface area contributed by atoms with Gasteiger partial charge in [0, 0.05) is 13.5 Å². The van der Waals surface area contributed by atoms with E-state index in [9.17, 15) is 21.6 Å². The summed E-state index contributed by atoms with van der Waals surface area (Å²) < 4.78 is 66.4. The van der Waals surface area contributed by atoms with E-state index in [4.69, 9.17) is 13.1 Å². The molecule has 0 radical (unpaired) electrons. The van der Waals surface area contributed by atoms with Gasteiger partial charge in [-0.1, -0.05) is 35.4 Å². The molecule has 194 valence electrons. The van der Waals surface area contributed by atoms with Crippen LogP contribution >= 0.6 is 0 Å². The van der Waals surface area contributed by atoms with Crippen LogP contribution in [0.2, 0.25) is 0 Å². The smallest absolute Gasteiger partial charge is 0.410 e. The van der Waals surface area contributed by atoms with E-state index in [0.29, 0.717) is 0 Å². The van der Waals surface area contributed by atoms with Crippen LogP contribution in [0.25, 0.3) is 0 Å². The molecule has 0 aliphatic heterocycles. The Balaban J connectivity index is 2.16. The zero-order valence-electron chi connectivity index (χ0n) is 20.8. The van der Waals surface area contributed by atoms with Crippen LogP contribution in [0.15, 0.2) is 58.3 Å². The van der Waals surface area contributed by atoms with Gasteiger partial charge in [0.2, 0.25) is 0 Å². The average Bonchev–Trinajstić information content (AvgIpc) is 2.72. The first-order valence-corrected chi connectivity index (χ1v) is 13.8. The molecule has 1 atom stereocenters. The third-order valence-corrected chi connectivity index (χ3v) is 7.44. The van der Waals surface area contributed by atoms with Gasteiger partial charge in [0.1, 0.15) is 5.60 Å². The van der Waals surface area contributed by atoms with Crippen LogP contribution < -0.4 is 0 Å². The second kappa shape index (κ2) is 11.5. The molecular formula is C24H33NO8S2. The Kier molecular flexibility index (Phi) is 9.46. The number of hydrogen-bond donors (Lipinski definition) is 0. The van der Waals surface area contributed by atoms with Crippen molar-refractivity contribution < 1.29 is 34.7 Å². The lowest BCUT2D eigenvalue weighted by atomic mass is 10.2. The molecule has 1 amide bonds. The first-order chi connectivity index (χ1) is 16.1. The van der Waals surface area contributed by atoms with Gasteiger partial charge in [-0.15, -0.1) is 0 Å². The van der Waals surface area contributed by atoms with Crippen molar-refractivity contribution in [2.75, 3.05) is 20.2 Å². The summed E-state index contributed by atoms with van der Waals surface area (Å²) in [7, 11) is -6.80. The number of carbonyl (C=O) groups excluding carboxylic acids is 1. The molecular weight excluding hydrogens is 494 g/mol. The van der Waals surface area contributed by atoms with E-state index >= 15 is 0 Å². The number of benzene rings is 2. The molecule has 2 aromatic carbocycles. The Labute approximate surface area is 208 Å². The maximum Gasteiger partial charge on any atom is 0.410 e. The number of hydrogen-bond acceptors (Lipinski definition) is 8. The van der Waals surface area contributed by atoms with Crippen molar-refractivity contribution in [1.29, 1.82) is 0 Å². The summed E-state index contributed by atoms with van der Waals surface area (Å²) in [5.41, 5.74) is 1.02. The van der Waals surface area contributed by atoms with Crippen molar-refractivity contribution in [3.8, 4) is 0 Å². The standard InChI is InChI=1S/C24H33NO8S2/c1-18-7-11-21(12-8-18)34(27,28)31-16-15-20(17-25(6)23(26)32-24(3,4)5)33-35(29,30)22-13-9-19(2)10-14-22/h7-14,20H,15-17H2,1-6H3/t20-/m0/s1. The van der Waals surface area contributed by atoms with Crippen molar-refractivity contribution in [1.82, 2.24) is 4.90 Å². The van der Waals surface area contributed by atoms with Crippen molar-refractivity contribution in [3.63, 3.8) is 0 Å². The lowest BCUT2D eigenvalue weighted by Gasteiger charge is -2.27. The zero-order chi connectivity index (χ0) is 26.4. The number of ether oxygens (including phenoxy) is 1. The van der Waals surface area contributed by atoms with Crippen LogP contribution in [0, 0.1) is 13.8 Å². The van der Waals surface area contributed by atoms with E-state index < -0.39 is 38.0 Å². The summed E-state index contributed by atoms with van der Waals surface area (Å²) in [5, 5.41) is 0. The number of carbonyl (C=O) groups is 1. The minimum absolute atomic E-state index is 0.0151. The molecule has 2 aromatic rings. The number of rotatable bonds is 10. The Morgan fingerprint density at radius 3 is 1.77 bits per heavy atom. The van der Waals surface area contributed by atoms with Gasteiger partial charge >= 0.3 is 6.09 Å². The number of likely N-dealkylation sites (N-methyl/N-ethyl adjacent to an activating group) is 1. The molecule has 0 heterocycles. The van der Waals surface area contributed by atoms with E-state index in [1.54, 1.807) is 45.0 Å². The van der Waals surface area contributed by atoms with E-state index in [1.807, 2.05) is 13.8 Å². The maximum absolute atomic E-state index is 12.8. The summed E-state index contributed by atoms with van der Waals surface area (Å²) in [6.07, 6.45) is -1.89. The lowest BCUT2D eigenvalue weighted by Crippen LogP contribution is -2.40. The predicted octanol–water partition coefficient (Wildman–Crippen LogP) is 4.04. The van der Waals surface area contributed by atoms with Gasteiger partial charge in [0.05, 0.1) is 29.0 Å². The predicted molar refractivity (Wildman–Crippen MR) is 131 cm³/mol. The summed E-state index contributed by atoms with van der Waals surface area (Å²) >= 11 is 0. The van der Waals surface area contributed by atoms with E-state index in [-0.39, 0.29) is 29.4 Å². The first-order valence-electron chi connectivity index (χ1n) is 11.0. The molecule has 0 spiro atoms. The zero-order valence-corrected chi connectivity index (χ0v) is 22.5. The van der Waals surface area contributed by atoms with Crippen LogP contribution in [0.1, 0.15) is 38.3 Å². The third kappa shape index (κ3) is 9.25. The van der Waals surface area contributed by atoms with Crippen LogP contribution in [-0.4, -0.2) is 59.7 Å². The molecule has 0 unspecified atom stereocenters.